The average molecular weight is 332 g/mol. The molecule has 1 saturated heterocycles. The van der Waals surface area contributed by atoms with Gasteiger partial charge in [-0.3, -0.25) is 14.4 Å². The zero-order chi connectivity index (χ0) is 17.4. The highest BCUT2D eigenvalue weighted by Crippen LogP contribution is 2.17. The molecule has 2 N–H and O–H groups in total. The van der Waals surface area contributed by atoms with E-state index in [1.54, 1.807) is 29.2 Å². The van der Waals surface area contributed by atoms with Crippen molar-refractivity contribution in [3.63, 3.8) is 0 Å². The Hall–Kier alpha value is -2.37. The predicted octanol–water partition coefficient (Wildman–Crippen LogP) is 2.11. The fraction of sp³-hybridized carbons (Fsp3) is 0.500. The first-order valence-electron chi connectivity index (χ1n) is 8.40. The van der Waals surface area contributed by atoms with Crippen molar-refractivity contribution in [1.82, 2.24) is 10.2 Å². The Morgan fingerprint density at radius 1 is 1.12 bits per heavy atom. The van der Waals surface area contributed by atoms with Gasteiger partial charge in [-0.2, -0.15) is 0 Å². The third kappa shape index (κ3) is 5.68. The van der Waals surface area contributed by atoms with Crippen molar-refractivity contribution < 1.29 is 19.5 Å². The number of rotatable bonds is 6. The van der Waals surface area contributed by atoms with Crippen LogP contribution in [0.4, 0.5) is 0 Å². The van der Waals surface area contributed by atoms with Gasteiger partial charge in [0, 0.05) is 13.0 Å². The molecule has 0 saturated carbocycles. The number of carbonyl (C=O) groups excluding carboxylic acids is 2. The van der Waals surface area contributed by atoms with Gasteiger partial charge in [-0.05, 0) is 18.4 Å². The van der Waals surface area contributed by atoms with E-state index in [1.165, 1.54) is 0 Å². The molecular weight excluding hydrogens is 308 g/mol. The first-order chi connectivity index (χ1) is 11.6. The number of carbonyl (C=O) groups is 3. The number of carboxylic acid groups (broad SMARTS) is 1. The number of benzene rings is 1. The smallest absolute Gasteiger partial charge is 0.305 e. The Kier molecular flexibility index (Phi) is 6.78. The summed E-state index contributed by atoms with van der Waals surface area (Å²) in [6.45, 7) is 0.572. The van der Waals surface area contributed by atoms with Gasteiger partial charge in [0.05, 0.1) is 19.0 Å². The van der Waals surface area contributed by atoms with Gasteiger partial charge in [0.25, 0.3) is 0 Å². The zero-order valence-electron chi connectivity index (χ0n) is 13.7. The topological polar surface area (TPSA) is 86.7 Å². The molecule has 130 valence electrons. The molecule has 1 heterocycles. The van der Waals surface area contributed by atoms with E-state index in [1.807, 2.05) is 6.07 Å². The summed E-state index contributed by atoms with van der Waals surface area (Å²) in [5, 5.41) is 11.8. The van der Waals surface area contributed by atoms with Gasteiger partial charge < -0.3 is 15.3 Å². The molecule has 1 aliphatic rings. The second-order valence-electron chi connectivity index (χ2n) is 6.11. The van der Waals surface area contributed by atoms with Crippen LogP contribution in [0, 0.1) is 0 Å². The quantitative estimate of drug-likeness (QED) is 0.835. The number of nitrogens with one attached hydrogen (secondary N) is 1. The molecule has 24 heavy (non-hydrogen) atoms. The molecule has 6 nitrogen and oxygen atoms in total. The van der Waals surface area contributed by atoms with Gasteiger partial charge in [0.1, 0.15) is 0 Å². The highest BCUT2D eigenvalue weighted by Gasteiger charge is 2.22. The van der Waals surface area contributed by atoms with Crippen molar-refractivity contribution >= 4 is 17.8 Å². The van der Waals surface area contributed by atoms with Crippen LogP contribution in [0.25, 0.3) is 0 Å². The number of carboxylic acids is 1. The standard InChI is InChI=1S/C18H24N2O4/c21-16(13-20-11-7-2-1-6-10-17(20)22)19-15(12-18(23)24)14-8-4-3-5-9-14/h3-5,8-9,15H,1-2,6-7,10-13H2,(H,19,21)(H,23,24). The summed E-state index contributed by atoms with van der Waals surface area (Å²) < 4.78 is 0. The van der Waals surface area contributed by atoms with Crippen molar-refractivity contribution in [3.8, 4) is 0 Å². The minimum atomic E-state index is -0.980. The highest BCUT2D eigenvalue weighted by atomic mass is 16.4. The number of amides is 2. The Morgan fingerprint density at radius 2 is 1.83 bits per heavy atom. The van der Waals surface area contributed by atoms with Crippen LogP contribution in [0.2, 0.25) is 0 Å². The monoisotopic (exact) mass is 332 g/mol. The lowest BCUT2D eigenvalue weighted by Gasteiger charge is -2.25. The van der Waals surface area contributed by atoms with Crippen molar-refractivity contribution in [3.05, 3.63) is 35.9 Å². The molecule has 1 fully saturated rings. The van der Waals surface area contributed by atoms with E-state index in [0.29, 0.717) is 13.0 Å². The average Bonchev–Trinajstić information content (AvgIpc) is 2.54. The fourth-order valence-corrected chi connectivity index (χ4v) is 2.91. The molecule has 1 aliphatic heterocycles. The third-order valence-corrected chi connectivity index (χ3v) is 4.17. The molecule has 1 aromatic carbocycles. The molecule has 6 heteroatoms. The van der Waals surface area contributed by atoms with Crippen molar-refractivity contribution in [2.75, 3.05) is 13.1 Å². The summed E-state index contributed by atoms with van der Waals surface area (Å²) in [4.78, 5) is 37.1. The molecule has 0 radical (unpaired) electrons. The first kappa shape index (κ1) is 18.0. The number of hydrogen-bond donors (Lipinski definition) is 2. The SMILES string of the molecule is O=C(O)CC(NC(=O)CN1CCCCCCC1=O)c1ccccc1. The maximum atomic E-state index is 12.3. The molecule has 0 aliphatic carbocycles. The molecule has 1 atom stereocenters. The minimum Gasteiger partial charge on any atom is -0.481 e. The molecule has 0 spiro atoms. The summed E-state index contributed by atoms with van der Waals surface area (Å²) in [6, 6.07) is 8.42. The summed E-state index contributed by atoms with van der Waals surface area (Å²) in [6.07, 6.45) is 4.17. The van der Waals surface area contributed by atoms with Gasteiger partial charge in [-0.25, -0.2) is 0 Å². The Bertz CT molecular complexity index is 574. The summed E-state index contributed by atoms with van der Waals surface area (Å²) in [5.41, 5.74) is 0.743. The van der Waals surface area contributed by atoms with Gasteiger partial charge in [-0.15, -0.1) is 0 Å². The maximum Gasteiger partial charge on any atom is 0.305 e. The molecular formula is C18H24N2O4. The Morgan fingerprint density at radius 3 is 2.54 bits per heavy atom. The molecule has 0 aromatic heterocycles. The maximum absolute atomic E-state index is 12.3. The summed E-state index contributed by atoms with van der Waals surface area (Å²) in [7, 11) is 0. The second kappa shape index (κ2) is 9.05. The molecule has 0 bridgehead atoms. The van der Waals surface area contributed by atoms with Gasteiger partial charge >= 0.3 is 5.97 Å². The van der Waals surface area contributed by atoms with Crippen LogP contribution in [-0.2, 0) is 14.4 Å². The predicted molar refractivity (Wildman–Crippen MR) is 89.2 cm³/mol. The van der Waals surface area contributed by atoms with E-state index >= 15 is 0 Å². The second-order valence-corrected chi connectivity index (χ2v) is 6.11. The number of hydrogen-bond acceptors (Lipinski definition) is 3. The molecule has 1 unspecified atom stereocenters. The lowest BCUT2D eigenvalue weighted by Crippen LogP contribution is -2.43. The minimum absolute atomic E-state index is 0.000606. The third-order valence-electron chi connectivity index (χ3n) is 4.17. The molecule has 2 amide bonds. The van der Waals surface area contributed by atoms with Crippen LogP contribution in [0.1, 0.15) is 50.1 Å². The highest BCUT2D eigenvalue weighted by molar-refractivity contribution is 5.85. The lowest BCUT2D eigenvalue weighted by molar-refractivity contribution is -0.139. The zero-order valence-corrected chi connectivity index (χ0v) is 13.7. The van der Waals surface area contributed by atoms with E-state index in [2.05, 4.69) is 5.32 Å². The van der Waals surface area contributed by atoms with Gasteiger partial charge in [0.2, 0.25) is 11.8 Å². The van der Waals surface area contributed by atoms with Crippen molar-refractivity contribution in [2.24, 2.45) is 0 Å². The number of aliphatic carboxylic acids is 1. The van der Waals surface area contributed by atoms with Crippen LogP contribution in [-0.4, -0.2) is 40.9 Å². The number of likely N-dealkylation sites (tertiary alicyclic amines) is 1. The normalized spacial score (nSPS) is 16.8. The van der Waals surface area contributed by atoms with Crippen LogP contribution in [0.15, 0.2) is 30.3 Å². The van der Waals surface area contributed by atoms with E-state index in [4.69, 9.17) is 5.11 Å². The fourth-order valence-electron chi connectivity index (χ4n) is 2.91. The summed E-state index contributed by atoms with van der Waals surface area (Å²) in [5.74, 6) is -1.30. The Labute approximate surface area is 141 Å². The first-order valence-corrected chi connectivity index (χ1v) is 8.40. The van der Waals surface area contributed by atoms with Crippen molar-refractivity contribution in [1.29, 1.82) is 0 Å². The molecule has 1 aromatic rings. The van der Waals surface area contributed by atoms with Crippen LogP contribution in [0.3, 0.4) is 0 Å². The van der Waals surface area contributed by atoms with Crippen LogP contribution >= 0.6 is 0 Å². The van der Waals surface area contributed by atoms with E-state index in [-0.39, 0.29) is 24.8 Å². The molecule has 2 rings (SSSR count). The van der Waals surface area contributed by atoms with E-state index < -0.39 is 12.0 Å². The van der Waals surface area contributed by atoms with E-state index in [0.717, 1.165) is 31.2 Å². The Balaban J connectivity index is 1.98. The van der Waals surface area contributed by atoms with Gasteiger partial charge in [-0.1, -0.05) is 43.2 Å². The van der Waals surface area contributed by atoms with E-state index in [9.17, 15) is 14.4 Å². The van der Waals surface area contributed by atoms with Crippen LogP contribution in [0.5, 0.6) is 0 Å². The van der Waals surface area contributed by atoms with Crippen LogP contribution < -0.4 is 5.32 Å². The number of nitrogens with zero attached hydrogens (tertiary/aromatic N) is 1. The van der Waals surface area contributed by atoms with Crippen molar-refractivity contribution in [2.45, 2.75) is 44.6 Å². The largest absolute Gasteiger partial charge is 0.481 e. The lowest BCUT2D eigenvalue weighted by atomic mass is 10.0. The van der Waals surface area contributed by atoms with Gasteiger partial charge in [0.15, 0.2) is 0 Å². The summed E-state index contributed by atoms with van der Waals surface area (Å²) >= 11 is 0.